The van der Waals surface area contributed by atoms with Crippen molar-refractivity contribution in [2.45, 2.75) is 32.7 Å². The van der Waals surface area contributed by atoms with Gasteiger partial charge in [0.2, 0.25) is 0 Å². The van der Waals surface area contributed by atoms with Crippen LogP contribution in [0.4, 0.5) is 4.39 Å². The molecule has 168 valence electrons. The molecule has 1 aliphatic heterocycles. The van der Waals surface area contributed by atoms with E-state index in [2.05, 4.69) is 16.7 Å². The van der Waals surface area contributed by atoms with Crippen molar-refractivity contribution in [3.63, 3.8) is 0 Å². The number of halogens is 2. The Hall–Kier alpha value is -3.11. The van der Waals surface area contributed by atoms with Gasteiger partial charge in [0.05, 0.1) is 0 Å². The van der Waals surface area contributed by atoms with Crippen LogP contribution in [0.2, 0.25) is 5.02 Å². The molecule has 1 amide bonds. The second-order valence-electron chi connectivity index (χ2n) is 8.83. The van der Waals surface area contributed by atoms with Gasteiger partial charge in [0.25, 0.3) is 5.91 Å². The van der Waals surface area contributed by atoms with Crippen molar-refractivity contribution >= 4 is 28.4 Å². The van der Waals surface area contributed by atoms with Crippen molar-refractivity contribution in [2.24, 2.45) is 0 Å². The predicted molar refractivity (Wildman–Crippen MR) is 132 cm³/mol. The van der Waals surface area contributed by atoms with Crippen LogP contribution in [0.25, 0.3) is 22.0 Å². The van der Waals surface area contributed by atoms with E-state index in [0.717, 1.165) is 53.5 Å². The van der Waals surface area contributed by atoms with Crippen LogP contribution >= 0.6 is 11.6 Å². The normalized spacial score (nSPS) is 14.1. The topological polar surface area (TPSA) is 25.2 Å². The lowest BCUT2D eigenvalue weighted by molar-refractivity contribution is 0.0714. The van der Waals surface area contributed by atoms with Gasteiger partial charge in [-0.1, -0.05) is 35.9 Å². The van der Waals surface area contributed by atoms with Crippen molar-refractivity contribution in [3.05, 3.63) is 94.4 Å². The molecule has 5 heteroatoms. The number of piperidine rings is 1. The molecule has 3 nitrogen and oxygen atoms in total. The first-order valence-electron chi connectivity index (χ1n) is 11.4. The lowest BCUT2D eigenvalue weighted by Gasteiger charge is -2.27. The molecule has 5 rings (SSSR count). The molecule has 2 heterocycles. The molecule has 0 N–H and O–H groups in total. The van der Waals surface area contributed by atoms with E-state index >= 15 is 0 Å². The van der Waals surface area contributed by atoms with Crippen molar-refractivity contribution < 1.29 is 9.18 Å². The first kappa shape index (κ1) is 21.7. The smallest absolute Gasteiger partial charge is 0.270 e. The molecule has 1 saturated heterocycles. The van der Waals surface area contributed by atoms with Crippen LogP contribution in [0.1, 0.15) is 40.9 Å². The maximum Gasteiger partial charge on any atom is 0.270 e. The number of likely N-dealkylation sites (tertiary alicyclic amines) is 1. The Morgan fingerprint density at radius 2 is 1.61 bits per heavy atom. The number of fused-ring (bicyclic) bond motifs is 1. The lowest BCUT2D eigenvalue weighted by atomic mass is 10.0. The Kier molecular flexibility index (Phi) is 5.94. The molecule has 1 fully saturated rings. The van der Waals surface area contributed by atoms with Gasteiger partial charge in [0.1, 0.15) is 11.5 Å². The fourth-order valence-corrected chi connectivity index (χ4v) is 4.78. The third kappa shape index (κ3) is 4.40. The first-order valence-corrected chi connectivity index (χ1v) is 11.8. The van der Waals surface area contributed by atoms with Gasteiger partial charge in [0.15, 0.2) is 0 Å². The predicted octanol–water partition coefficient (Wildman–Crippen LogP) is 7.08. The van der Waals surface area contributed by atoms with Crippen molar-refractivity contribution in [3.8, 4) is 11.1 Å². The summed E-state index contributed by atoms with van der Waals surface area (Å²) < 4.78 is 15.9. The van der Waals surface area contributed by atoms with Gasteiger partial charge < -0.3 is 9.47 Å². The average Bonchev–Trinajstić information content (AvgIpc) is 3.20. The van der Waals surface area contributed by atoms with Crippen LogP contribution in [0.5, 0.6) is 0 Å². The summed E-state index contributed by atoms with van der Waals surface area (Å²) in [6.45, 7) is 3.97. The monoisotopic (exact) mass is 460 g/mol. The SMILES string of the molecule is Cc1cc(-c2ccc3c(c2)cc(C(=O)N2CCCCC2)n3Cc2ccc(Cl)cc2)ccc1F. The number of rotatable bonds is 4. The standard InChI is InChI=1S/C28H26ClFN2O/c1-19-15-21(7-11-25(19)30)22-8-12-26-23(16-22)17-27(28(33)31-13-3-2-4-14-31)32(26)18-20-5-9-24(29)10-6-20/h5-12,15-17H,2-4,13-14,18H2,1H3. The van der Waals surface area contributed by atoms with Crippen LogP contribution in [-0.4, -0.2) is 28.5 Å². The Morgan fingerprint density at radius 1 is 0.909 bits per heavy atom. The van der Waals surface area contributed by atoms with E-state index in [-0.39, 0.29) is 11.7 Å². The molecule has 0 saturated carbocycles. The Balaban J connectivity index is 1.59. The zero-order valence-electron chi connectivity index (χ0n) is 18.7. The highest BCUT2D eigenvalue weighted by Crippen LogP contribution is 2.30. The first-order chi connectivity index (χ1) is 16.0. The molecule has 0 bridgehead atoms. The fourth-order valence-electron chi connectivity index (χ4n) is 4.65. The maximum absolute atomic E-state index is 13.8. The third-order valence-electron chi connectivity index (χ3n) is 6.51. The number of amides is 1. The number of hydrogen-bond donors (Lipinski definition) is 0. The molecular weight excluding hydrogens is 435 g/mol. The van der Waals surface area contributed by atoms with E-state index in [4.69, 9.17) is 11.6 Å². The van der Waals surface area contributed by atoms with Crippen LogP contribution in [0.15, 0.2) is 66.7 Å². The molecule has 0 unspecified atom stereocenters. The highest BCUT2D eigenvalue weighted by Gasteiger charge is 2.23. The second-order valence-corrected chi connectivity index (χ2v) is 9.27. The molecule has 33 heavy (non-hydrogen) atoms. The van der Waals surface area contributed by atoms with Gasteiger partial charge in [-0.2, -0.15) is 0 Å². The Bertz CT molecular complexity index is 1320. The van der Waals surface area contributed by atoms with Gasteiger partial charge in [0, 0.05) is 35.6 Å². The molecular formula is C28H26ClFN2O. The summed E-state index contributed by atoms with van der Waals surface area (Å²) in [6, 6.07) is 21.1. The van der Waals surface area contributed by atoms with Gasteiger partial charge in [-0.15, -0.1) is 0 Å². The maximum atomic E-state index is 13.8. The highest BCUT2D eigenvalue weighted by molar-refractivity contribution is 6.30. The second kappa shape index (κ2) is 9.03. The van der Waals surface area contributed by atoms with Gasteiger partial charge in [-0.3, -0.25) is 4.79 Å². The molecule has 0 atom stereocenters. The summed E-state index contributed by atoms with van der Waals surface area (Å²) in [5.74, 6) is -0.123. The van der Waals surface area contributed by atoms with E-state index in [1.54, 1.807) is 13.0 Å². The van der Waals surface area contributed by atoms with E-state index in [1.807, 2.05) is 47.4 Å². The summed E-state index contributed by atoms with van der Waals surface area (Å²) in [5, 5.41) is 1.70. The number of carbonyl (C=O) groups is 1. The highest BCUT2D eigenvalue weighted by atomic mass is 35.5. The molecule has 4 aromatic rings. The van der Waals surface area contributed by atoms with Crippen LogP contribution in [-0.2, 0) is 6.54 Å². The minimum atomic E-state index is -0.205. The van der Waals surface area contributed by atoms with Crippen molar-refractivity contribution in [1.29, 1.82) is 0 Å². The van der Waals surface area contributed by atoms with E-state index < -0.39 is 0 Å². The van der Waals surface area contributed by atoms with Crippen LogP contribution < -0.4 is 0 Å². The van der Waals surface area contributed by atoms with E-state index in [9.17, 15) is 9.18 Å². The number of hydrogen-bond acceptors (Lipinski definition) is 1. The number of benzene rings is 3. The van der Waals surface area contributed by atoms with Crippen LogP contribution in [0.3, 0.4) is 0 Å². The number of nitrogens with zero attached hydrogens (tertiary/aromatic N) is 2. The van der Waals surface area contributed by atoms with E-state index in [0.29, 0.717) is 22.8 Å². The number of carbonyl (C=O) groups excluding carboxylic acids is 1. The summed E-state index contributed by atoms with van der Waals surface area (Å²) >= 11 is 6.08. The quantitative estimate of drug-likeness (QED) is 0.319. The summed E-state index contributed by atoms with van der Waals surface area (Å²) in [6.07, 6.45) is 3.28. The van der Waals surface area contributed by atoms with Crippen molar-refractivity contribution in [1.82, 2.24) is 9.47 Å². The average molecular weight is 461 g/mol. The van der Waals surface area contributed by atoms with E-state index in [1.165, 1.54) is 12.5 Å². The Morgan fingerprint density at radius 3 is 2.33 bits per heavy atom. The summed E-state index contributed by atoms with van der Waals surface area (Å²) in [4.78, 5) is 15.5. The zero-order chi connectivity index (χ0) is 22.9. The minimum absolute atomic E-state index is 0.0824. The lowest BCUT2D eigenvalue weighted by Crippen LogP contribution is -2.36. The van der Waals surface area contributed by atoms with Gasteiger partial charge in [-0.25, -0.2) is 4.39 Å². The third-order valence-corrected chi connectivity index (χ3v) is 6.76. The number of aromatic nitrogens is 1. The van der Waals surface area contributed by atoms with Crippen LogP contribution in [0, 0.1) is 12.7 Å². The fraction of sp³-hybridized carbons (Fsp3) is 0.250. The molecule has 1 aromatic heterocycles. The molecule has 0 spiro atoms. The number of aryl methyl sites for hydroxylation is 1. The zero-order valence-corrected chi connectivity index (χ0v) is 19.4. The van der Waals surface area contributed by atoms with Crippen molar-refractivity contribution in [2.75, 3.05) is 13.1 Å². The summed E-state index contributed by atoms with van der Waals surface area (Å²) in [7, 11) is 0. The molecule has 3 aromatic carbocycles. The Labute approximate surface area is 198 Å². The summed E-state index contributed by atoms with van der Waals surface area (Å²) in [5.41, 5.74) is 5.38. The van der Waals surface area contributed by atoms with Gasteiger partial charge >= 0.3 is 0 Å². The largest absolute Gasteiger partial charge is 0.337 e. The molecule has 0 radical (unpaired) electrons. The van der Waals surface area contributed by atoms with Gasteiger partial charge in [-0.05, 0) is 90.9 Å². The molecule has 1 aliphatic rings. The minimum Gasteiger partial charge on any atom is -0.337 e. The molecule has 0 aliphatic carbocycles.